The van der Waals surface area contributed by atoms with E-state index in [-0.39, 0.29) is 18.4 Å². The van der Waals surface area contributed by atoms with Crippen molar-refractivity contribution in [2.75, 3.05) is 19.6 Å². The number of amides is 1. The molecule has 7 heteroatoms. The van der Waals surface area contributed by atoms with Gasteiger partial charge in [0.15, 0.2) is 11.6 Å². The minimum Gasteiger partial charge on any atom is -0.337 e. The lowest BCUT2D eigenvalue weighted by molar-refractivity contribution is -0.122. The summed E-state index contributed by atoms with van der Waals surface area (Å²) in [5.74, 6) is -2.18. The molecular weight excluding hydrogens is 374 g/mol. The Morgan fingerprint density at radius 2 is 1.83 bits per heavy atom. The monoisotopic (exact) mass is 406 g/mol. The topological polar surface area (TPSA) is 68.2 Å². The first-order valence-electron chi connectivity index (χ1n) is 10.2. The fraction of sp³-hybridized carbons (Fsp3) is 0.636. The molecule has 2 atom stereocenters. The van der Waals surface area contributed by atoms with Crippen LogP contribution in [0.15, 0.2) is 18.2 Å². The number of hydrogen-bond donors (Lipinski definition) is 2. The zero-order valence-electron chi connectivity index (χ0n) is 18.0. The van der Waals surface area contributed by atoms with Gasteiger partial charge in [0.05, 0.1) is 18.7 Å². The lowest BCUT2D eigenvalue weighted by Gasteiger charge is -2.43. The van der Waals surface area contributed by atoms with Gasteiger partial charge in [0, 0.05) is 5.54 Å². The largest absolute Gasteiger partial charge is 0.337 e. The Kier molecular flexibility index (Phi) is 7.36. The molecule has 0 radical (unpaired) electrons. The summed E-state index contributed by atoms with van der Waals surface area (Å²) in [4.78, 5) is 14.9. The van der Waals surface area contributed by atoms with Gasteiger partial charge in [-0.05, 0) is 70.3 Å². The molecule has 5 nitrogen and oxygen atoms in total. The van der Waals surface area contributed by atoms with Crippen LogP contribution < -0.4 is 10.6 Å². The molecule has 0 spiro atoms. The van der Waals surface area contributed by atoms with Crippen LogP contribution in [-0.4, -0.2) is 41.5 Å². The molecule has 0 unspecified atom stereocenters. The molecule has 0 bridgehead atoms. The number of likely N-dealkylation sites (tertiary alicyclic amines) is 1. The summed E-state index contributed by atoms with van der Waals surface area (Å²) < 4.78 is 27.4. The normalized spacial score (nSPS) is 18.3. The van der Waals surface area contributed by atoms with Crippen LogP contribution in [-0.2, 0) is 4.79 Å². The molecule has 1 saturated heterocycles. The summed E-state index contributed by atoms with van der Waals surface area (Å²) in [7, 11) is 0. The lowest BCUT2D eigenvalue weighted by atomic mass is 9.86. The highest BCUT2D eigenvalue weighted by Crippen LogP contribution is 2.34. The molecule has 160 valence electrons. The third-order valence-corrected chi connectivity index (χ3v) is 6.16. The van der Waals surface area contributed by atoms with Crippen LogP contribution in [0.4, 0.5) is 8.78 Å². The Bertz CT molecular complexity index is 769. The van der Waals surface area contributed by atoms with Gasteiger partial charge in [-0.1, -0.05) is 19.9 Å². The number of benzene rings is 1. The summed E-state index contributed by atoms with van der Waals surface area (Å²) >= 11 is 0. The van der Waals surface area contributed by atoms with Gasteiger partial charge < -0.3 is 5.32 Å². The van der Waals surface area contributed by atoms with Crippen LogP contribution in [0.2, 0.25) is 0 Å². The second-order valence-corrected chi connectivity index (χ2v) is 8.85. The van der Waals surface area contributed by atoms with E-state index in [9.17, 15) is 18.8 Å². The summed E-state index contributed by atoms with van der Waals surface area (Å²) in [6.07, 6.45) is 2.17. The number of carbonyl (C=O) groups is 1. The van der Waals surface area contributed by atoms with Crippen LogP contribution >= 0.6 is 0 Å². The van der Waals surface area contributed by atoms with Crippen LogP contribution in [0.25, 0.3) is 0 Å². The van der Waals surface area contributed by atoms with E-state index in [2.05, 4.69) is 21.6 Å². The lowest BCUT2D eigenvalue weighted by Crippen LogP contribution is -2.55. The Morgan fingerprint density at radius 3 is 2.34 bits per heavy atom. The number of nitrogens with zero attached hydrogens (tertiary/aromatic N) is 2. The van der Waals surface area contributed by atoms with E-state index >= 15 is 0 Å². The van der Waals surface area contributed by atoms with E-state index in [1.165, 1.54) is 6.07 Å². The van der Waals surface area contributed by atoms with Crippen LogP contribution in [0, 0.1) is 28.9 Å². The van der Waals surface area contributed by atoms with E-state index in [1.54, 1.807) is 13.0 Å². The van der Waals surface area contributed by atoms with E-state index in [0.29, 0.717) is 5.56 Å². The Morgan fingerprint density at radius 1 is 1.21 bits per heavy atom. The Labute approximate surface area is 172 Å². The molecule has 2 N–H and O–H groups in total. The van der Waals surface area contributed by atoms with E-state index < -0.39 is 28.8 Å². The van der Waals surface area contributed by atoms with Crippen molar-refractivity contribution in [1.82, 2.24) is 15.5 Å². The summed E-state index contributed by atoms with van der Waals surface area (Å²) in [6.45, 7) is 11.3. The van der Waals surface area contributed by atoms with Gasteiger partial charge in [0.1, 0.15) is 5.54 Å². The van der Waals surface area contributed by atoms with Gasteiger partial charge in [0.2, 0.25) is 5.91 Å². The molecule has 0 saturated carbocycles. The minimum atomic E-state index is -0.972. The third kappa shape index (κ3) is 5.31. The molecule has 0 aliphatic carbocycles. The van der Waals surface area contributed by atoms with Crippen molar-refractivity contribution in [2.24, 2.45) is 5.92 Å². The highest BCUT2D eigenvalue weighted by Gasteiger charge is 2.38. The molecular formula is C22H32F2N4O. The predicted octanol–water partition coefficient (Wildman–Crippen LogP) is 3.52. The third-order valence-electron chi connectivity index (χ3n) is 6.16. The number of carbonyl (C=O) groups excluding carboxylic acids is 1. The van der Waals surface area contributed by atoms with Gasteiger partial charge in [0.25, 0.3) is 0 Å². The molecule has 1 aliphatic rings. The minimum absolute atomic E-state index is 0.0368. The van der Waals surface area contributed by atoms with E-state index in [0.717, 1.165) is 32.0 Å². The molecule has 29 heavy (non-hydrogen) atoms. The van der Waals surface area contributed by atoms with Crippen molar-refractivity contribution in [3.8, 4) is 6.07 Å². The van der Waals surface area contributed by atoms with Crippen molar-refractivity contribution in [2.45, 2.75) is 64.6 Å². The fourth-order valence-corrected chi connectivity index (χ4v) is 3.77. The number of halogens is 2. The highest BCUT2D eigenvalue weighted by atomic mass is 19.2. The fourth-order valence-electron chi connectivity index (χ4n) is 3.77. The van der Waals surface area contributed by atoms with E-state index in [4.69, 9.17) is 0 Å². The Hall–Kier alpha value is -2.04. The SMILES string of the molecule is CC(C)[C@@](C)(C#N)NC(=O)CN[C@H](c1ccc(F)c(F)c1)C(C)(C)N1CCCC1. The zero-order valence-corrected chi connectivity index (χ0v) is 18.0. The summed E-state index contributed by atoms with van der Waals surface area (Å²) in [5.41, 5.74) is -0.807. The molecule has 1 heterocycles. The maximum absolute atomic E-state index is 13.9. The zero-order chi connectivity index (χ0) is 21.8. The first-order chi connectivity index (χ1) is 13.5. The average Bonchev–Trinajstić information content (AvgIpc) is 3.20. The van der Waals surface area contributed by atoms with Crippen LogP contribution in [0.3, 0.4) is 0 Å². The number of hydrogen-bond acceptors (Lipinski definition) is 4. The molecule has 0 aromatic heterocycles. The number of rotatable bonds is 8. The van der Waals surface area contributed by atoms with Gasteiger partial charge in [-0.25, -0.2) is 8.78 Å². The Balaban J connectivity index is 2.23. The van der Waals surface area contributed by atoms with Gasteiger partial charge in [-0.3, -0.25) is 15.0 Å². The second kappa shape index (κ2) is 9.19. The van der Waals surface area contributed by atoms with Crippen molar-refractivity contribution in [3.63, 3.8) is 0 Å². The first kappa shape index (κ1) is 23.2. The highest BCUT2D eigenvalue weighted by molar-refractivity contribution is 5.79. The molecule has 1 aliphatic heterocycles. The molecule has 1 amide bonds. The number of nitrogens with one attached hydrogen (secondary N) is 2. The van der Waals surface area contributed by atoms with Crippen molar-refractivity contribution in [3.05, 3.63) is 35.4 Å². The average molecular weight is 407 g/mol. The maximum Gasteiger partial charge on any atom is 0.235 e. The van der Waals surface area contributed by atoms with Crippen molar-refractivity contribution >= 4 is 5.91 Å². The molecule has 1 aromatic rings. The number of nitriles is 1. The van der Waals surface area contributed by atoms with Gasteiger partial charge in [-0.15, -0.1) is 0 Å². The quantitative estimate of drug-likeness (QED) is 0.693. The molecule has 1 aromatic carbocycles. The molecule has 1 fully saturated rings. The summed E-state index contributed by atoms with van der Waals surface area (Å²) in [6, 6.07) is 5.62. The first-order valence-corrected chi connectivity index (χ1v) is 10.2. The van der Waals surface area contributed by atoms with Crippen LogP contribution in [0.1, 0.15) is 59.1 Å². The van der Waals surface area contributed by atoms with Gasteiger partial charge >= 0.3 is 0 Å². The van der Waals surface area contributed by atoms with E-state index in [1.807, 2.05) is 27.7 Å². The maximum atomic E-state index is 13.9. The predicted molar refractivity (Wildman–Crippen MR) is 109 cm³/mol. The molecule has 2 rings (SSSR count). The van der Waals surface area contributed by atoms with Crippen LogP contribution in [0.5, 0.6) is 0 Å². The standard InChI is InChI=1S/C22H32F2N4O/c1-15(2)22(5,14-25)27-19(29)13-26-20(16-8-9-17(23)18(24)12-16)21(3,4)28-10-6-7-11-28/h8-9,12,15,20,26H,6-7,10-11,13H2,1-5H3,(H,27,29)/t20-,22-/m1/s1. The second-order valence-electron chi connectivity index (χ2n) is 8.85. The van der Waals surface area contributed by atoms with Crippen molar-refractivity contribution < 1.29 is 13.6 Å². The van der Waals surface area contributed by atoms with Crippen molar-refractivity contribution in [1.29, 1.82) is 5.26 Å². The smallest absolute Gasteiger partial charge is 0.235 e. The summed E-state index contributed by atoms with van der Waals surface area (Å²) in [5, 5.41) is 15.4. The van der Waals surface area contributed by atoms with Gasteiger partial charge in [-0.2, -0.15) is 5.26 Å².